The van der Waals surface area contributed by atoms with Crippen molar-refractivity contribution in [2.24, 2.45) is 0 Å². The number of hydrogen-bond acceptors (Lipinski definition) is 11. The first-order valence-electron chi connectivity index (χ1n) is 18.7. The highest BCUT2D eigenvalue weighted by Gasteiger charge is 2.37. The summed E-state index contributed by atoms with van der Waals surface area (Å²) in [6, 6.07) is 24.6. The normalized spacial score (nSPS) is 17.9. The molecule has 0 aliphatic carbocycles. The van der Waals surface area contributed by atoms with Gasteiger partial charge in [-0.15, -0.1) is 0 Å². The molecule has 0 saturated carbocycles. The summed E-state index contributed by atoms with van der Waals surface area (Å²) in [5.74, 6) is 1.78. The van der Waals surface area contributed by atoms with Crippen LogP contribution in [-0.4, -0.2) is 77.3 Å². The van der Waals surface area contributed by atoms with Crippen molar-refractivity contribution in [2.45, 2.75) is 42.7 Å². The molecule has 12 nitrogen and oxygen atoms in total. The monoisotopic (exact) mass is 792 g/mol. The van der Waals surface area contributed by atoms with Gasteiger partial charge in [0, 0.05) is 36.8 Å². The van der Waals surface area contributed by atoms with Gasteiger partial charge in [0.25, 0.3) is 10.1 Å². The molecule has 57 heavy (non-hydrogen) atoms. The number of likely N-dealkylation sites (N-methyl/N-ethyl adjacent to an activating group) is 2. The Balaban J connectivity index is 1.41. The highest BCUT2D eigenvalue weighted by Crippen LogP contribution is 2.52. The summed E-state index contributed by atoms with van der Waals surface area (Å²) in [5.41, 5.74) is 5.40. The first-order chi connectivity index (χ1) is 27.4. The molecule has 0 spiro atoms. The van der Waals surface area contributed by atoms with E-state index in [1.807, 2.05) is 55.6 Å². The maximum atomic E-state index is 13.8. The fourth-order valence-corrected chi connectivity index (χ4v) is 8.91. The second-order valence-electron chi connectivity index (χ2n) is 14.6. The van der Waals surface area contributed by atoms with Crippen LogP contribution in [0.1, 0.15) is 55.8 Å². The Morgan fingerprint density at radius 2 is 1.35 bits per heavy atom. The number of carbonyl (C=O) groups excluding carboxylic acids is 1. The van der Waals surface area contributed by atoms with Crippen molar-refractivity contribution in [1.29, 1.82) is 0 Å². The van der Waals surface area contributed by atoms with E-state index in [0.29, 0.717) is 47.8 Å². The molecule has 6 bridgehead atoms. The molecule has 0 fully saturated rings. The van der Waals surface area contributed by atoms with Crippen LogP contribution in [0.4, 0.5) is 0 Å². The SMILES string of the molecule is COc1cc(S(=O)(=O)O)c2cc1Oc1ccc(cc1)C[C@H]1c3cc(c(OC)cc3CCN1C)Oc1c(OC(=O)c3ccccc3)c(OC)cc3c1[C@H](C2)N(C)CC3. The van der Waals surface area contributed by atoms with Crippen molar-refractivity contribution in [1.82, 2.24) is 9.80 Å². The molecule has 0 radical (unpaired) electrons. The van der Waals surface area contributed by atoms with Gasteiger partial charge in [-0.1, -0.05) is 30.3 Å². The van der Waals surface area contributed by atoms with E-state index in [4.69, 9.17) is 28.4 Å². The fraction of sp³-hybridized carbons (Fsp3) is 0.295. The third-order valence-corrected chi connectivity index (χ3v) is 12.2. The molecule has 2 atom stereocenters. The lowest BCUT2D eigenvalue weighted by Gasteiger charge is -2.37. The highest BCUT2D eigenvalue weighted by molar-refractivity contribution is 7.85. The van der Waals surface area contributed by atoms with Crippen LogP contribution in [0.2, 0.25) is 0 Å². The third kappa shape index (κ3) is 7.39. The molecule has 1 N–H and O–H groups in total. The molecule has 5 aromatic rings. The Kier molecular flexibility index (Phi) is 10.3. The van der Waals surface area contributed by atoms with Crippen molar-refractivity contribution in [3.05, 3.63) is 124 Å². The maximum Gasteiger partial charge on any atom is 0.343 e. The van der Waals surface area contributed by atoms with Gasteiger partial charge in [-0.25, -0.2) is 4.79 Å². The Hall–Kier alpha value is -5.60. The third-order valence-electron chi connectivity index (χ3n) is 11.2. The van der Waals surface area contributed by atoms with E-state index in [0.717, 1.165) is 35.2 Å². The quantitative estimate of drug-likeness (QED) is 0.103. The second kappa shape index (κ2) is 15.4. The van der Waals surface area contributed by atoms with Gasteiger partial charge in [0.1, 0.15) is 10.6 Å². The topological polar surface area (TPSA) is 133 Å². The van der Waals surface area contributed by atoms with Crippen LogP contribution in [0, 0.1) is 0 Å². The van der Waals surface area contributed by atoms with Gasteiger partial charge >= 0.3 is 5.97 Å². The molecular weight excluding hydrogens is 749 g/mol. The van der Waals surface area contributed by atoms with E-state index in [9.17, 15) is 17.8 Å². The summed E-state index contributed by atoms with van der Waals surface area (Å²) in [5, 5.41) is 0. The summed E-state index contributed by atoms with van der Waals surface area (Å²) in [6.45, 7) is 1.44. The van der Waals surface area contributed by atoms with Crippen LogP contribution >= 0.6 is 0 Å². The van der Waals surface area contributed by atoms with E-state index < -0.39 is 22.1 Å². The fourth-order valence-electron chi connectivity index (χ4n) is 8.18. The average Bonchev–Trinajstić information content (AvgIpc) is 3.20. The van der Waals surface area contributed by atoms with Gasteiger partial charge in [0.05, 0.1) is 26.9 Å². The molecule has 4 aliphatic rings. The Morgan fingerprint density at radius 3 is 2.04 bits per heavy atom. The van der Waals surface area contributed by atoms with Gasteiger partial charge in [-0.3, -0.25) is 14.4 Å². The molecule has 296 valence electrons. The molecule has 0 amide bonds. The summed E-state index contributed by atoms with van der Waals surface area (Å²) >= 11 is 0. The largest absolute Gasteiger partial charge is 0.493 e. The number of esters is 1. The minimum Gasteiger partial charge on any atom is -0.493 e. The van der Waals surface area contributed by atoms with Crippen molar-refractivity contribution >= 4 is 16.1 Å². The van der Waals surface area contributed by atoms with Crippen molar-refractivity contribution < 1.29 is 46.2 Å². The number of ether oxygens (including phenoxy) is 6. The molecule has 4 aliphatic heterocycles. The van der Waals surface area contributed by atoms with Crippen LogP contribution in [0.5, 0.6) is 46.0 Å². The number of nitrogens with zero attached hydrogens (tertiary/aromatic N) is 2. The Morgan fingerprint density at radius 1 is 0.719 bits per heavy atom. The van der Waals surface area contributed by atoms with E-state index >= 15 is 0 Å². The zero-order valence-corrected chi connectivity index (χ0v) is 33.2. The molecule has 0 aromatic heterocycles. The molecule has 5 aromatic carbocycles. The number of methoxy groups -OCH3 is 3. The summed E-state index contributed by atoms with van der Waals surface area (Å²) in [7, 11) is 3.81. The van der Waals surface area contributed by atoms with Crippen molar-refractivity contribution in [3.63, 3.8) is 0 Å². The predicted octanol–water partition coefficient (Wildman–Crippen LogP) is 7.62. The van der Waals surface area contributed by atoms with Gasteiger partial charge in [-0.05, 0) is 116 Å². The molecule has 13 heteroatoms. The number of hydrogen-bond donors (Lipinski definition) is 1. The van der Waals surface area contributed by atoms with Gasteiger partial charge in [0.15, 0.2) is 34.5 Å². The van der Waals surface area contributed by atoms with Crippen LogP contribution in [0.15, 0.2) is 89.8 Å². The Bertz CT molecular complexity index is 2450. The smallest absolute Gasteiger partial charge is 0.343 e. The minimum atomic E-state index is -4.74. The van der Waals surface area contributed by atoms with Crippen LogP contribution in [0.3, 0.4) is 0 Å². The molecule has 9 rings (SSSR count). The first-order valence-corrected chi connectivity index (χ1v) is 20.1. The predicted molar refractivity (Wildman–Crippen MR) is 212 cm³/mol. The lowest BCUT2D eigenvalue weighted by atomic mass is 9.87. The van der Waals surface area contributed by atoms with Crippen LogP contribution in [0.25, 0.3) is 0 Å². The van der Waals surface area contributed by atoms with E-state index in [1.54, 1.807) is 37.4 Å². The Labute approximate surface area is 332 Å². The highest BCUT2D eigenvalue weighted by atomic mass is 32.2. The number of carbonyl (C=O) groups is 1. The molecule has 0 unspecified atom stereocenters. The van der Waals surface area contributed by atoms with E-state index in [2.05, 4.69) is 16.8 Å². The number of rotatable bonds is 6. The average molecular weight is 793 g/mol. The minimum absolute atomic E-state index is 0.00299. The summed E-state index contributed by atoms with van der Waals surface area (Å²) in [6.07, 6.45) is 2.14. The van der Waals surface area contributed by atoms with Crippen molar-refractivity contribution in [2.75, 3.05) is 48.5 Å². The molecule has 4 heterocycles. The standard InChI is InChI=1S/C44H44N2O10S/c1-45-17-15-28-21-35(51-3)38-24-32(28)33(45)19-26-11-13-31(14-12-26)54-37-23-30(40(57(48,49)50)25-36(37)52-4)20-34-41-29(16-18-46(34)2)22-39(53-5)42(43(41)55-38)56-44(47)27-9-7-6-8-10-27/h6-14,21-25,33-34H,15-20H2,1-5H3,(H,48,49,50)/t33-,34-/m0/s1. The van der Waals surface area contributed by atoms with Gasteiger partial charge in [0.2, 0.25) is 5.75 Å². The molecular formula is C44H44N2O10S. The number of benzene rings is 5. The lowest BCUT2D eigenvalue weighted by Crippen LogP contribution is -2.34. The van der Waals surface area contributed by atoms with E-state index in [1.165, 1.54) is 20.3 Å². The summed E-state index contributed by atoms with van der Waals surface area (Å²) in [4.78, 5) is 17.9. The summed E-state index contributed by atoms with van der Waals surface area (Å²) < 4.78 is 73.8. The van der Waals surface area contributed by atoms with Crippen LogP contribution < -0.4 is 28.4 Å². The lowest BCUT2D eigenvalue weighted by molar-refractivity contribution is 0.0724. The van der Waals surface area contributed by atoms with Gasteiger partial charge < -0.3 is 28.4 Å². The van der Waals surface area contributed by atoms with Crippen molar-refractivity contribution in [3.8, 4) is 46.0 Å². The van der Waals surface area contributed by atoms with Gasteiger partial charge in [-0.2, -0.15) is 8.42 Å². The zero-order chi connectivity index (χ0) is 40.0. The zero-order valence-electron chi connectivity index (χ0n) is 32.4. The maximum absolute atomic E-state index is 13.8. The second-order valence-corrected chi connectivity index (χ2v) is 16.0. The van der Waals surface area contributed by atoms with Crippen LogP contribution in [-0.2, 0) is 35.8 Å². The molecule has 0 saturated heterocycles. The first kappa shape index (κ1) is 38.3. The number of fused-ring (bicyclic) bond motifs is 2. The van der Waals surface area contributed by atoms with E-state index in [-0.39, 0.29) is 51.7 Å².